The van der Waals surface area contributed by atoms with Gasteiger partial charge in [-0.25, -0.2) is 0 Å². The van der Waals surface area contributed by atoms with E-state index in [9.17, 15) is 14.9 Å². The van der Waals surface area contributed by atoms with Gasteiger partial charge in [-0.2, -0.15) is 5.26 Å². The van der Waals surface area contributed by atoms with Crippen molar-refractivity contribution in [1.29, 1.82) is 5.26 Å². The summed E-state index contributed by atoms with van der Waals surface area (Å²) in [5, 5.41) is 9.82. The first-order chi connectivity index (χ1) is 19.3. The molecule has 2 aliphatic heterocycles. The molecule has 1 amide bonds. The molecular formula is C32H40N4O2S2. The van der Waals surface area contributed by atoms with Gasteiger partial charge in [0, 0.05) is 32.2 Å². The van der Waals surface area contributed by atoms with Crippen LogP contribution in [0.25, 0.3) is 6.08 Å². The molecule has 0 N–H and O–H groups in total. The fraction of sp³-hybridized carbons (Fsp3) is 0.500. The largest absolute Gasteiger partial charge is 0.357 e. The topological polar surface area (TPSA) is 69.3 Å². The van der Waals surface area contributed by atoms with Crippen molar-refractivity contribution in [3.05, 3.63) is 67.8 Å². The van der Waals surface area contributed by atoms with Crippen LogP contribution >= 0.6 is 24.0 Å². The first kappa shape index (κ1) is 30.1. The van der Waals surface area contributed by atoms with E-state index >= 15 is 0 Å². The molecule has 2 fully saturated rings. The van der Waals surface area contributed by atoms with Crippen LogP contribution in [-0.2, 0) is 18.3 Å². The molecule has 1 unspecified atom stereocenters. The number of benzene rings is 1. The number of nitriles is 1. The quantitative estimate of drug-likeness (QED) is 0.239. The van der Waals surface area contributed by atoms with Gasteiger partial charge in [0.2, 0.25) is 0 Å². The summed E-state index contributed by atoms with van der Waals surface area (Å²) in [6.07, 6.45) is 9.31. The molecule has 4 rings (SSSR count). The molecule has 0 aliphatic carbocycles. The van der Waals surface area contributed by atoms with Gasteiger partial charge in [-0.15, -0.1) is 0 Å². The molecule has 0 bridgehead atoms. The van der Waals surface area contributed by atoms with Gasteiger partial charge in [0.05, 0.1) is 4.91 Å². The number of anilines is 1. The number of amides is 1. The fourth-order valence-electron chi connectivity index (χ4n) is 5.85. The summed E-state index contributed by atoms with van der Waals surface area (Å²) in [7, 11) is 1.73. The zero-order valence-corrected chi connectivity index (χ0v) is 25.7. The minimum atomic E-state index is -0.298. The second kappa shape index (κ2) is 13.6. The molecule has 2 saturated heterocycles. The molecule has 0 radical (unpaired) electrons. The first-order valence-electron chi connectivity index (χ1n) is 14.5. The van der Waals surface area contributed by atoms with Crippen LogP contribution in [-0.4, -0.2) is 39.3 Å². The van der Waals surface area contributed by atoms with Crippen LogP contribution in [0.15, 0.2) is 40.0 Å². The number of thiocarbonyl (C=S) groups is 1. The summed E-state index contributed by atoms with van der Waals surface area (Å²) in [4.78, 5) is 31.3. The van der Waals surface area contributed by atoms with Crippen LogP contribution in [0.2, 0.25) is 0 Å². The van der Waals surface area contributed by atoms with Crippen molar-refractivity contribution in [1.82, 2.24) is 9.47 Å². The Morgan fingerprint density at radius 3 is 2.50 bits per heavy atom. The predicted molar refractivity (Wildman–Crippen MR) is 169 cm³/mol. The number of piperidine rings is 1. The van der Waals surface area contributed by atoms with Crippen LogP contribution < -0.4 is 10.5 Å². The first-order valence-corrected chi connectivity index (χ1v) is 15.7. The van der Waals surface area contributed by atoms with E-state index < -0.39 is 0 Å². The number of carbonyl (C=O) groups is 1. The van der Waals surface area contributed by atoms with Crippen molar-refractivity contribution >= 4 is 46.1 Å². The molecule has 2 aliphatic rings. The molecule has 0 saturated carbocycles. The van der Waals surface area contributed by atoms with Crippen molar-refractivity contribution in [3.8, 4) is 6.07 Å². The van der Waals surface area contributed by atoms with E-state index in [-0.39, 0.29) is 17.0 Å². The Morgan fingerprint density at radius 1 is 1.18 bits per heavy atom. The summed E-state index contributed by atoms with van der Waals surface area (Å²) in [5.41, 5.74) is 2.56. The molecule has 1 aromatic carbocycles. The predicted octanol–water partition coefficient (Wildman–Crippen LogP) is 6.44. The highest BCUT2D eigenvalue weighted by atomic mass is 32.2. The van der Waals surface area contributed by atoms with Crippen molar-refractivity contribution in [2.75, 3.05) is 24.5 Å². The maximum absolute atomic E-state index is 13.6. The lowest BCUT2D eigenvalue weighted by atomic mass is 9.90. The fourth-order valence-corrected chi connectivity index (χ4v) is 7.11. The van der Waals surface area contributed by atoms with Gasteiger partial charge in [0.25, 0.3) is 11.5 Å². The second-order valence-electron chi connectivity index (χ2n) is 11.0. The van der Waals surface area contributed by atoms with Gasteiger partial charge in [-0.3, -0.25) is 19.1 Å². The number of rotatable bonds is 10. The molecule has 2 aromatic rings. The Hall–Kier alpha value is -2.89. The van der Waals surface area contributed by atoms with Crippen LogP contribution in [0.1, 0.15) is 74.6 Å². The lowest BCUT2D eigenvalue weighted by Crippen LogP contribution is -2.39. The number of aromatic nitrogens is 1. The van der Waals surface area contributed by atoms with E-state index in [0.29, 0.717) is 33.2 Å². The van der Waals surface area contributed by atoms with Crippen LogP contribution in [0.5, 0.6) is 0 Å². The molecule has 8 heteroatoms. The van der Waals surface area contributed by atoms with E-state index in [1.165, 1.54) is 17.3 Å². The normalized spacial score (nSPS) is 18.0. The van der Waals surface area contributed by atoms with Crippen LogP contribution in [0.4, 0.5) is 5.82 Å². The number of hydrogen-bond donors (Lipinski definition) is 0. The zero-order chi connectivity index (χ0) is 28.8. The maximum Gasteiger partial charge on any atom is 0.270 e. The van der Waals surface area contributed by atoms with E-state index in [4.69, 9.17) is 12.2 Å². The monoisotopic (exact) mass is 576 g/mol. The third kappa shape index (κ3) is 6.53. The number of carbonyl (C=O) groups excluding carboxylic acids is 1. The van der Waals surface area contributed by atoms with Crippen molar-refractivity contribution in [3.63, 3.8) is 0 Å². The lowest BCUT2D eigenvalue weighted by molar-refractivity contribution is -0.122. The molecule has 1 aromatic heterocycles. The summed E-state index contributed by atoms with van der Waals surface area (Å²) in [5.74, 6) is 1.69. The zero-order valence-electron chi connectivity index (χ0n) is 24.1. The standard InChI is InChI=1S/C32H40N4O2S2/c1-5-7-11-23(6-2)21-36-31(38)28(40-32(36)39)19-26-22(3)27(20-33)30(37)34(4)29(26)35-16-14-25(15-17-35)18-24-12-9-8-10-13-24/h8-10,12-13,19,23,25H,5-7,11,14-18,21H2,1-4H3/b28-19+. The van der Waals surface area contributed by atoms with E-state index in [1.807, 2.05) is 19.1 Å². The van der Waals surface area contributed by atoms with Gasteiger partial charge >= 0.3 is 0 Å². The summed E-state index contributed by atoms with van der Waals surface area (Å²) in [6, 6.07) is 12.7. The molecule has 6 nitrogen and oxygen atoms in total. The third-order valence-electron chi connectivity index (χ3n) is 8.38. The van der Waals surface area contributed by atoms with Gasteiger partial charge < -0.3 is 4.90 Å². The Morgan fingerprint density at radius 2 is 1.88 bits per heavy atom. The molecule has 1 atom stereocenters. The maximum atomic E-state index is 13.6. The number of thioether (sulfide) groups is 1. The highest BCUT2D eigenvalue weighted by molar-refractivity contribution is 8.26. The molecule has 3 heterocycles. The van der Waals surface area contributed by atoms with Crippen molar-refractivity contribution in [2.24, 2.45) is 18.9 Å². The Bertz CT molecular complexity index is 1370. The summed E-state index contributed by atoms with van der Waals surface area (Å²) >= 11 is 6.97. The van der Waals surface area contributed by atoms with E-state index in [2.05, 4.69) is 49.1 Å². The van der Waals surface area contributed by atoms with Crippen molar-refractivity contribution < 1.29 is 4.79 Å². The smallest absolute Gasteiger partial charge is 0.270 e. The molecule has 0 spiro atoms. The number of pyridine rings is 1. The van der Waals surface area contributed by atoms with Gasteiger partial charge in [-0.1, -0.05) is 87.4 Å². The number of hydrogen-bond acceptors (Lipinski definition) is 6. The minimum absolute atomic E-state index is 0.0794. The Labute approximate surface area is 248 Å². The lowest BCUT2D eigenvalue weighted by Gasteiger charge is -2.36. The average Bonchev–Trinajstić information content (AvgIpc) is 3.22. The van der Waals surface area contributed by atoms with Gasteiger partial charge in [0.15, 0.2) is 0 Å². The molecule has 40 heavy (non-hydrogen) atoms. The van der Waals surface area contributed by atoms with Crippen molar-refractivity contribution in [2.45, 2.75) is 65.7 Å². The van der Waals surface area contributed by atoms with E-state index in [1.54, 1.807) is 16.5 Å². The van der Waals surface area contributed by atoms with Gasteiger partial charge in [-0.05, 0) is 61.6 Å². The summed E-state index contributed by atoms with van der Waals surface area (Å²) in [6.45, 7) is 8.43. The minimum Gasteiger partial charge on any atom is -0.357 e. The highest BCUT2D eigenvalue weighted by Crippen LogP contribution is 2.37. The SMILES string of the molecule is CCCCC(CC)CN1C(=O)/C(=C\c2c(C)c(C#N)c(=O)n(C)c2N2CCC(Cc3ccccc3)CC2)SC1=S. The number of unbranched alkanes of at least 4 members (excludes halogenated alkanes) is 1. The average molecular weight is 577 g/mol. The van der Waals surface area contributed by atoms with E-state index in [0.717, 1.165) is 69.4 Å². The summed E-state index contributed by atoms with van der Waals surface area (Å²) < 4.78 is 2.17. The van der Waals surface area contributed by atoms with Gasteiger partial charge in [0.1, 0.15) is 21.8 Å². The van der Waals surface area contributed by atoms with Crippen LogP contribution in [0.3, 0.4) is 0 Å². The van der Waals surface area contributed by atoms with Crippen LogP contribution in [0, 0.1) is 30.1 Å². The third-order valence-corrected chi connectivity index (χ3v) is 9.76. The molecular weight excluding hydrogens is 537 g/mol. The second-order valence-corrected chi connectivity index (χ2v) is 12.7. The Balaban J connectivity index is 1.63. The molecule has 212 valence electrons. The highest BCUT2D eigenvalue weighted by Gasteiger charge is 2.34. The Kier molecular flexibility index (Phi) is 10.3. The number of nitrogens with zero attached hydrogens (tertiary/aromatic N) is 4.